The van der Waals surface area contributed by atoms with Crippen LogP contribution in [0.4, 0.5) is 5.95 Å². The van der Waals surface area contributed by atoms with Crippen LogP contribution in [-0.2, 0) is 10.0 Å². The molecule has 0 unspecified atom stereocenters. The number of nitrogens with one attached hydrogen (secondary N) is 2. The second kappa shape index (κ2) is 7.40. The van der Waals surface area contributed by atoms with Crippen molar-refractivity contribution in [1.29, 1.82) is 0 Å². The quantitative estimate of drug-likeness (QED) is 0.758. The molecule has 0 amide bonds. The third-order valence-electron chi connectivity index (χ3n) is 2.99. The van der Waals surface area contributed by atoms with Crippen LogP contribution in [0.2, 0.25) is 0 Å². The van der Waals surface area contributed by atoms with Crippen molar-refractivity contribution in [3.63, 3.8) is 0 Å². The lowest BCUT2D eigenvalue weighted by Crippen LogP contribution is -2.29. The molecular formula is C12H22N4O2S. The third-order valence-corrected chi connectivity index (χ3v) is 4.37. The van der Waals surface area contributed by atoms with E-state index in [9.17, 15) is 8.42 Å². The van der Waals surface area contributed by atoms with Gasteiger partial charge in [-0.25, -0.2) is 23.1 Å². The van der Waals surface area contributed by atoms with Crippen LogP contribution in [0.1, 0.15) is 33.6 Å². The predicted octanol–water partition coefficient (Wildman–Crippen LogP) is 1.62. The van der Waals surface area contributed by atoms with Gasteiger partial charge in [-0.15, -0.1) is 0 Å². The van der Waals surface area contributed by atoms with E-state index in [2.05, 4.69) is 33.9 Å². The van der Waals surface area contributed by atoms with Gasteiger partial charge in [0.15, 0.2) is 0 Å². The van der Waals surface area contributed by atoms with Crippen molar-refractivity contribution in [3.05, 3.63) is 12.4 Å². The van der Waals surface area contributed by atoms with Crippen molar-refractivity contribution in [3.8, 4) is 0 Å². The van der Waals surface area contributed by atoms with Crippen LogP contribution in [0.15, 0.2) is 17.3 Å². The van der Waals surface area contributed by atoms with Gasteiger partial charge in [0.05, 0.1) is 12.4 Å². The molecule has 0 radical (unpaired) electrons. The second-order valence-electron chi connectivity index (χ2n) is 4.31. The van der Waals surface area contributed by atoms with E-state index in [-0.39, 0.29) is 4.90 Å². The number of anilines is 1. The largest absolute Gasteiger partial charge is 0.355 e. The van der Waals surface area contributed by atoms with E-state index in [1.54, 1.807) is 0 Å². The van der Waals surface area contributed by atoms with Crippen molar-refractivity contribution in [2.75, 3.05) is 18.4 Å². The fraction of sp³-hybridized carbons (Fsp3) is 0.667. The first-order valence-corrected chi connectivity index (χ1v) is 8.07. The number of hydrogen-bond acceptors (Lipinski definition) is 5. The van der Waals surface area contributed by atoms with Crippen LogP contribution in [0, 0.1) is 5.92 Å². The lowest BCUT2D eigenvalue weighted by Gasteiger charge is -2.13. The summed E-state index contributed by atoms with van der Waals surface area (Å²) in [6.07, 6.45) is 4.55. The van der Waals surface area contributed by atoms with Gasteiger partial charge in [-0.2, -0.15) is 0 Å². The molecular weight excluding hydrogens is 264 g/mol. The SMILES string of the molecule is CCNc1ncc(S(=O)(=O)NCC(CC)CC)cn1. The first-order chi connectivity index (χ1) is 9.03. The number of sulfonamides is 1. The Kier molecular flexibility index (Phi) is 6.17. The minimum atomic E-state index is -3.51. The van der Waals surface area contributed by atoms with Crippen molar-refractivity contribution >= 4 is 16.0 Å². The summed E-state index contributed by atoms with van der Waals surface area (Å²) in [7, 11) is -3.51. The third kappa shape index (κ3) is 4.76. The number of rotatable bonds is 8. The summed E-state index contributed by atoms with van der Waals surface area (Å²) in [5.74, 6) is 0.790. The molecule has 0 spiro atoms. The lowest BCUT2D eigenvalue weighted by molar-refractivity contribution is 0.478. The summed E-state index contributed by atoms with van der Waals surface area (Å²) in [5.41, 5.74) is 0. The Balaban J connectivity index is 2.71. The Labute approximate surface area is 115 Å². The highest BCUT2D eigenvalue weighted by atomic mass is 32.2. The van der Waals surface area contributed by atoms with E-state index < -0.39 is 10.0 Å². The molecule has 0 aliphatic carbocycles. The average Bonchev–Trinajstić information content (AvgIpc) is 2.41. The molecule has 1 rings (SSSR count). The summed E-state index contributed by atoms with van der Waals surface area (Å²) in [6.45, 7) is 7.17. The van der Waals surface area contributed by atoms with Gasteiger partial charge in [0.1, 0.15) is 4.90 Å². The van der Waals surface area contributed by atoms with Crippen molar-refractivity contribution < 1.29 is 8.42 Å². The van der Waals surface area contributed by atoms with E-state index in [1.165, 1.54) is 12.4 Å². The summed E-state index contributed by atoms with van der Waals surface area (Å²) in [6, 6.07) is 0. The molecule has 7 heteroatoms. The molecule has 1 heterocycles. The zero-order chi connectivity index (χ0) is 14.3. The van der Waals surface area contributed by atoms with Gasteiger partial charge in [-0.05, 0) is 12.8 Å². The minimum absolute atomic E-state index is 0.0973. The number of aromatic nitrogens is 2. The maximum Gasteiger partial charge on any atom is 0.243 e. The van der Waals surface area contributed by atoms with Crippen LogP contribution < -0.4 is 10.0 Å². The molecule has 0 aliphatic rings. The summed E-state index contributed by atoms with van der Waals surface area (Å²) < 4.78 is 26.7. The van der Waals surface area contributed by atoms with Crippen LogP contribution in [0.3, 0.4) is 0 Å². The molecule has 1 aromatic rings. The normalized spacial score (nSPS) is 11.8. The zero-order valence-corrected chi connectivity index (χ0v) is 12.5. The van der Waals surface area contributed by atoms with Crippen molar-refractivity contribution in [1.82, 2.24) is 14.7 Å². The first kappa shape index (κ1) is 15.8. The van der Waals surface area contributed by atoms with Crippen molar-refractivity contribution in [2.24, 2.45) is 5.92 Å². The Morgan fingerprint density at radius 1 is 1.16 bits per heavy atom. The molecule has 0 aromatic carbocycles. The van der Waals surface area contributed by atoms with E-state index in [1.807, 2.05) is 6.92 Å². The molecule has 19 heavy (non-hydrogen) atoms. The van der Waals surface area contributed by atoms with Gasteiger partial charge in [-0.3, -0.25) is 0 Å². The van der Waals surface area contributed by atoms with Crippen LogP contribution >= 0.6 is 0 Å². The molecule has 0 saturated carbocycles. The minimum Gasteiger partial charge on any atom is -0.355 e. The Morgan fingerprint density at radius 3 is 2.21 bits per heavy atom. The first-order valence-electron chi connectivity index (χ1n) is 6.59. The monoisotopic (exact) mass is 286 g/mol. The van der Waals surface area contributed by atoms with E-state index in [0.717, 1.165) is 12.8 Å². The highest BCUT2D eigenvalue weighted by Crippen LogP contribution is 2.10. The Bertz CT molecular complexity index is 469. The summed E-state index contributed by atoms with van der Waals surface area (Å²) in [5, 5.41) is 2.92. The van der Waals surface area contributed by atoms with Gasteiger partial charge >= 0.3 is 0 Å². The number of hydrogen-bond donors (Lipinski definition) is 2. The van der Waals surface area contributed by atoms with E-state index >= 15 is 0 Å². The predicted molar refractivity (Wildman–Crippen MR) is 75.5 cm³/mol. The van der Waals surface area contributed by atoms with Crippen LogP contribution in [-0.4, -0.2) is 31.5 Å². The van der Waals surface area contributed by atoms with Crippen LogP contribution in [0.25, 0.3) is 0 Å². The highest BCUT2D eigenvalue weighted by Gasteiger charge is 2.16. The molecule has 0 bridgehead atoms. The number of nitrogens with zero attached hydrogens (tertiary/aromatic N) is 2. The molecule has 2 N–H and O–H groups in total. The summed E-state index contributed by atoms with van der Waals surface area (Å²) in [4.78, 5) is 8.02. The average molecular weight is 286 g/mol. The lowest BCUT2D eigenvalue weighted by atomic mass is 10.0. The molecule has 0 aliphatic heterocycles. The zero-order valence-electron chi connectivity index (χ0n) is 11.7. The Hall–Kier alpha value is -1.21. The van der Waals surface area contributed by atoms with Crippen LogP contribution in [0.5, 0.6) is 0 Å². The van der Waals surface area contributed by atoms with E-state index in [4.69, 9.17) is 0 Å². The van der Waals surface area contributed by atoms with E-state index in [0.29, 0.717) is 25.0 Å². The molecule has 0 atom stereocenters. The molecule has 6 nitrogen and oxygen atoms in total. The van der Waals surface area contributed by atoms with Gasteiger partial charge in [-0.1, -0.05) is 26.7 Å². The van der Waals surface area contributed by atoms with Gasteiger partial charge < -0.3 is 5.32 Å². The van der Waals surface area contributed by atoms with Gasteiger partial charge in [0.2, 0.25) is 16.0 Å². The molecule has 108 valence electrons. The Morgan fingerprint density at radius 2 is 1.74 bits per heavy atom. The molecule has 1 aromatic heterocycles. The smallest absolute Gasteiger partial charge is 0.243 e. The maximum atomic E-state index is 12.0. The molecule has 0 saturated heterocycles. The fourth-order valence-corrected chi connectivity index (χ4v) is 2.60. The topological polar surface area (TPSA) is 84.0 Å². The molecule has 0 fully saturated rings. The summed E-state index contributed by atoms with van der Waals surface area (Å²) >= 11 is 0. The maximum absolute atomic E-state index is 12.0. The van der Waals surface area contributed by atoms with Gasteiger partial charge in [0, 0.05) is 13.1 Å². The highest BCUT2D eigenvalue weighted by molar-refractivity contribution is 7.89. The van der Waals surface area contributed by atoms with Crippen molar-refractivity contribution in [2.45, 2.75) is 38.5 Å². The second-order valence-corrected chi connectivity index (χ2v) is 6.07. The standard InChI is InChI=1S/C12H22N4O2S/c1-4-10(5-2)7-16-19(17,18)11-8-14-12(13-6-3)15-9-11/h8-10,16H,4-7H2,1-3H3,(H,13,14,15). The van der Waals surface area contributed by atoms with Gasteiger partial charge in [0.25, 0.3) is 0 Å². The fourth-order valence-electron chi connectivity index (χ4n) is 1.59.